The van der Waals surface area contributed by atoms with Crippen LogP contribution in [0.15, 0.2) is 17.0 Å². The number of likely N-dealkylation sites (N-methyl/N-ethyl adjacent to an activating group) is 1. The van der Waals surface area contributed by atoms with Gasteiger partial charge in [0.25, 0.3) is 0 Å². The molecule has 0 aliphatic rings. The number of halogens is 1. The molecule has 4 nitrogen and oxygen atoms in total. The van der Waals surface area contributed by atoms with Crippen molar-refractivity contribution < 1.29 is 12.8 Å². The van der Waals surface area contributed by atoms with Crippen LogP contribution in [0.25, 0.3) is 0 Å². The highest BCUT2D eigenvalue weighted by molar-refractivity contribution is 7.89. The van der Waals surface area contributed by atoms with Gasteiger partial charge in [-0.2, -0.15) is 4.31 Å². The third-order valence-electron chi connectivity index (χ3n) is 2.75. The maximum atomic E-state index is 13.2. The summed E-state index contributed by atoms with van der Waals surface area (Å²) in [6.07, 6.45) is 0. The van der Waals surface area contributed by atoms with Crippen LogP contribution in [0.5, 0.6) is 0 Å². The summed E-state index contributed by atoms with van der Waals surface area (Å²) in [5.41, 5.74) is 6.25. The Bertz CT molecular complexity index is 506. The van der Waals surface area contributed by atoms with Crippen molar-refractivity contribution in [1.29, 1.82) is 0 Å². The van der Waals surface area contributed by atoms with Crippen LogP contribution in [0.2, 0.25) is 0 Å². The second kappa shape index (κ2) is 5.77. The summed E-state index contributed by atoms with van der Waals surface area (Å²) in [7, 11) is -3.60. The van der Waals surface area contributed by atoms with Crippen LogP contribution < -0.4 is 5.73 Å². The molecule has 0 bridgehead atoms. The highest BCUT2D eigenvalue weighted by atomic mass is 32.2. The maximum absolute atomic E-state index is 13.2. The summed E-state index contributed by atoms with van der Waals surface area (Å²) in [6, 6.07) is 2.46. The van der Waals surface area contributed by atoms with Gasteiger partial charge in [0.2, 0.25) is 10.0 Å². The van der Waals surface area contributed by atoms with E-state index in [1.807, 2.05) is 0 Å². The van der Waals surface area contributed by atoms with E-state index >= 15 is 0 Å². The lowest BCUT2D eigenvalue weighted by Gasteiger charge is -2.22. The second-order valence-electron chi connectivity index (χ2n) is 4.15. The molecule has 6 heteroatoms. The van der Waals surface area contributed by atoms with E-state index < -0.39 is 15.8 Å². The molecule has 0 fully saturated rings. The van der Waals surface area contributed by atoms with Gasteiger partial charge in [-0.25, -0.2) is 12.8 Å². The third kappa shape index (κ3) is 2.88. The molecule has 0 spiro atoms. The molecule has 18 heavy (non-hydrogen) atoms. The van der Waals surface area contributed by atoms with Gasteiger partial charge in [-0.05, 0) is 37.1 Å². The molecule has 0 radical (unpaired) electrons. The smallest absolute Gasteiger partial charge is 0.243 e. The largest absolute Gasteiger partial charge is 0.329 e. The highest BCUT2D eigenvalue weighted by Gasteiger charge is 2.26. The van der Waals surface area contributed by atoms with Crippen LogP contribution in [0.4, 0.5) is 4.39 Å². The SMILES string of the molecule is CCN(CCN)S(=O)(=O)c1c(C)cc(F)cc1C. The van der Waals surface area contributed by atoms with E-state index in [0.717, 1.165) is 0 Å². The molecule has 102 valence electrons. The van der Waals surface area contributed by atoms with E-state index in [-0.39, 0.29) is 18.0 Å². The fourth-order valence-electron chi connectivity index (χ4n) is 2.03. The van der Waals surface area contributed by atoms with Gasteiger partial charge < -0.3 is 5.73 Å². The van der Waals surface area contributed by atoms with Crippen molar-refractivity contribution in [3.05, 3.63) is 29.1 Å². The topological polar surface area (TPSA) is 63.4 Å². The molecular weight excluding hydrogens is 255 g/mol. The van der Waals surface area contributed by atoms with Crippen LogP contribution in [-0.4, -0.2) is 32.4 Å². The first-order valence-corrected chi connectivity index (χ1v) is 7.25. The molecule has 0 unspecified atom stereocenters. The quantitative estimate of drug-likeness (QED) is 0.883. The fraction of sp³-hybridized carbons (Fsp3) is 0.500. The first kappa shape index (κ1) is 15.1. The number of aryl methyl sites for hydroxylation is 2. The lowest BCUT2D eigenvalue weighted by atomic mass is 10.1. The van der Waals surface area contributed by atoms with Gasteiger partial charge in [-0.1, -0.05) is 6.92 Å². The summed E-state index contributed by atoms with van der Waals surface area (Å²) < 4.78 is 39.4. The molecule has 0 aliphatic carbocycles. The van der Waals surface area contributed by atoms with Crippen LogP contribution in [0.3, 0.4) is 0 Å². The lowest BCUT2D eigenvalue weighted by Crippen LogP contribution is -2.35. The minimum absolute atomic E-state index is 0.180. The Labute approximate surface area is 108 Å². The third-order valence-corrected chi connectivity index (χ3v) is 5.03. The van der Waals surface area contributed by atoms with E-state index in [4.69, 9.17) is 5.73 Å². The number of sulfonamides is 1. The molecule has 0 aromatic heterocycles. The van der Waals surface area contributed by atoms with Gasteiger partial charge in [0.1, 0.15) is 5.82 Å². The van der Waals surface area contributed by atoms with E-state index in [0.29, 0.717) is 17.7 Å². The van der Waals surface area contributed by atoms with Gasteiger partial charge in [0, 0.05) is 19.6 Å². The van der Waals surface area contributed by atoms with E-state index in [9.17, 15) is 12.8 Å². The molecule has 2 N–H and O–H groups in total. The zero-order valence-corrected chi connectivity index (χ0v) is 11.7. The normalized spacial score (nSPS) is 12.1. The Morgan fingerprint density at radius 1 is 1.28 bits per heavy atom. The number of hydrogen-bond acceptors (Lipinski definition) is 3. The summed E-state index contributed by atoms with van der Waals surface area (Å²) in [5.74, 6) is -0.425. The number of benzene rings is 1. The number of hydrogen-bond donors (Lipinski definition) is 1. The monoisotopic (exact) mass is 274 g/mol. The molecule has 0 atom stereocenters. The standard InChI is InChI=1S/C12H19FN2O2S/c1-4-15(6-5-14)18(16,17)12-9(2)7-11(13)8-10(12)3/h7-8H,4-6,14H2,1-3H3. The Morgan fingerprint density at radius 2 is 1.78 bits per heavy atom. The second-order valence-corrected chi connectivity index (χ2v) is 6.03. The lowest BCUT2D eigenvalue weighted by molar-refractivity contribution is 0.434. The van der Waals surface area contributed by atoms with Crippen molar-refractivity contribution in [3.63, 3.8) is 0 Å². The molecule has 0 saturated carbocycles. The molecular formula is C12H19FN2O2S. The average molecular weight is 274 g/mol. The van der Waals surface area contributed by atoms with E-state index in [1.165, 1.54) is 16.4 Å². The Morgan fingerprint density at radius 3 is 2.17 bits per heavy atom. The fourth-order valence-corrected chi connectivity index (χ4v) is 3.90. The van der Waals surface area contributed by atoms with Crippen molar-refractivity contribution in [2.45, 2.75) is 25.7 Å². The van der Waals surface area contributed by atoms with Gasteiger partial charge in [-0.3, -0.25) is 0 Å². The Kier molecular flexibility index (Phi) is 4.84. The molecule has 0 amide bonds. The first-order chi connectivity index (χ1) is 8.34. The van der Waals surface area contributed by atoms with Crippen molar-refractivity contribution in [2.24, 2.45) is 5.73 Å². The van der Waals surface area contributed by atoms with Crippen LogP contribution in [0.1, 0.15) is 18.1 Å². The van der Waals surface area contributed by atoms with Crippen molar-refractivity contribution in [1.82, 2.24) is 4.31 Å². The molecule has 0 saturated heterocycles. The van der Waals surface area contributed by atoms with Gasteiger partial charge in [0.15, 0.2) is 0 Å². The number of rotatable bonds is 5. The molecule has 0 aliphatic heterocycles. The van der Waals surface area contributed by atoms with Crippen molar-refractivity contribution in [3.8, 4) is 0 Å². The molecule has 1 aromatic rings. The maximum Gasteiger partial charge on any atom is 0.243 e. The minimum Gasteiger partial charge on any atom is -0.329 e. The Hall–Kier alpha value is -0.980. The Balaban J connectivity index is 3.36. The minimum atomic E-state index is -3.60. The summed E-state index contributed by atoms with van der Waals surface area (Å²) >= 11 is 0. The summed E-state index contributed by atoms with van der Waals surface area (Å²) in [4.78, 5) is 0.180. The van der Waals surface area contributed by atoms with Crippen molar-refractivity contribution >= 4 is 10.0 Å². The van der Waals surface area contributed by atoms with Gasteiger partial charge in [0.05, 0.1) is 4.90 Å². The molecule has 1 rings (SSSR count). The molecule has 1 aromatic carbocycles. The number of nitrogens with zero attached hydrogens (tertiary/aromatic N) is 1. The predicted molar refractivity (Wildman–Crippen MR) is 69.4 cm³/mol. The first-order valence-electron chi connectivity index (χ1n) is 5.81. The van der Waals surface area contributed by atoms with Gasteiger partial charge in [-0.15, -0.1) is 0 Å². The van der Waals surface area contributed by atoms with Crippen LogP contribution in [-0.2, 0) is 10.0 Å². The van der Waals surface area contributed by atoms with E-state index in [1.54, 1.807) is 20.8 Å². The highest BCUT2D eigenvalue weighted by Crippen LogP contribution is 2.24. The zero-order chi connectivity index (χ0) is 13.9. The molecule has 0 heterocycles. The van der Waals surface area contributed by atoms with Crippen LogP contribution >= 0.6 is 0 Å². The number of nitrogens with two attached hydrogens (primary N) is 1. The summed E-state index contributed by atoms with van der Waals surface area (Å²) in [5, 5.41) is 0. The summed E-state index contributed by atoms with van der Waals surface area (Å²) in [6.45, 7) is 5.80. The average Bonchev–Trinajstić information content (AvgIpc) is 2.23. The van der Waals surface area contributed by atoms with Gasteiger partial charge >= 0.3 is 0 Å². The predicted octanol–water partition coefficient (Wildman–Crippen LogP) is 1.41. The van der Waals surface area contributed by atoms with Crippen LogP contribution in [0, 0.1) is 19.7 Å². The zero-order valence-electron chi connectivity index (χ0n) is 10.9. The van der Waals surface area contributed by atoms with Crippen molar-refractivity contribution in [2.75, 3.05) is 19.6 Å². The van der Waals surface area contributed by atoms with E-state index in [2.05, 4.69) is 0 Å².